The van der Waals surface area contributed by atoms with Crippen LogP contribution in [0.3, 0.4) is 0 Å². The molecule has 0 aliphatic heterocycles. The summed E-state index contributed by atoms with van der Waals surface area (Å²) in [5.74, 6) is -1.37. The molecular weight excluding hydrogens is 340 g/mol. The Morgan fingerprint density at radius 3 is 2.46 bits per heavy atom. The zero-order valence-corrected chi connectivity index (χ0v) is 14.1. The number of furan rings is 2. The van der Waals surface area contributed by atoms with Gasteiger partial charge in [0.25, 0.3) is 11.8 Å². The Labute approximate surface area is 149 Å². The van der Waals surface area contributed by atoms with Crippen LogP contribution in [0.15, 0.2) is 51.3 Å². The van der Waals surface area contributed by atoms with Gasteiger partial charge in [-0.2, -0.15) is 0 Å². The Morgan fingerprint density at radius 2 is 1.81 bits per heavy atom. The molecule has 2 amide bonds. The molecule has 2 rings (SSSR count). The van der Waals surface area contributed by atoms with E-state index in [-0.39, 0.29) is 17.9 Å². The van der Waals surface area contributed by atoms with Gasteiger partial charge in [0.1, 0.15) is 11.5 Å². The van der Waals surface area contributed by atoms with E-state index >= 15 is 0 Å². The van der Waals surface area contributed by atoms with Crippen molar-refractivity contribution in [2.75, 3.05) is 6.54 Å². The first kappa shape index (κ1) is 19.0. The highest BCUT2D eigenvalue weighted by molar-refractivity contribution is 6.04. The van der Waals surface area contributed by atoms with E-state index in [2.05, 4.69) is 10.6 Å². The van der Waals surface area contributed by atoms with Crippen molar-refractivity contribution in [2.45, 2.75) is 25.7 Å². The van der Waals surface area contributed by atoms with E-state index in [9.17, 15) is 14.4 Å². The summed E-state index contributed by atoms with van der Waals surface area (Å²) < 4.78 is 10.2. The Morgan fingerprint density at radius 1 is 1.04 bits per heavy atom. The lowest BCUT2D eigenvalue weighted by Gasteiger charge is -2.09. The third kappa shape index (κ3) is 6.31. The molecule has 2 heterocycles. The molecule has 0 fully saturated rings. The Balaban J connectivity index is 1.92. The number of nitrogens with one attached hydrogen (secondary N) is 2. The smallest absolute Gasteiger partial charge is 0.303 e. The SMILES string of the molecule is O=C(O)CCCCCNC(=O)C(=Cc1ccco1)NC(=O)c1ccco1. The number of carbonyl (C=O) groups is 3. The first-order valence-corrected chi connectivity index (χ1v) is 8.16. The molecule has 26 heavy (non-hydrogen) atoms. The van der Waals surface area contributed by atoms with Crippen molar-refractivity contribution in [3.05, 3.63) is 54.0 Å². The number of amides is 2. The molecule has 2 aromatic heterocycles. The van der Waals surface area contributed by atoms with Crippen molar-refractivity contribution in [2.24, 2.45) is 0 Å². The van der Waals surface area contributed by atoms with E-state index in [4.69, 9.17) is 13.9 Å². The molecule has 0 saturated heterocycles. The van der Waals surface area contributed by atoms with Crippen molar-refractivity contribution in [3.63, 3.8) is 0 Å². The van der Waals surface area contributed by atoms with Gasteiger partial charge in [0, 0.05) is 19.0 Å². The number of rotatable bonds is 10. The summed E-state index contributed by atoms with van der Waals surface area (Å²) in [6, 6.07) is 6.37. The van der Waals surface area contributed by atoms with Gasteiger partial charge >= 0.3 is 5.97 Å². The lowest BCUT2D eigenvalue weighted by Crippen LogP contribution is -2.35. The average molecular weight is 360 g/mol. The summed E-state index contributed by atoms with van der Waals surface area (Å²) in [5, 5.41) is 13.8. The molecule has 0 aliphatic rings. The van der Waals surface area contributed by atoms with Gasteiger partial charge in [-0.25, -0.2) is 0 Å². The topological polar surface area (TPSA) is 122 Å². The number of carbonyl (C=O) groups excluding carboxylic acids is 2. The van der Waals surface area contributed by atoms with Crippen LogP contribution in [-0.4, -0.2) is 29.4 Å². The maximum atomic E-state index is 12.4. The number of carboxylic acid groups (broad SMARTS) is 1. The fourth-order valence-corrected chi connectivity index (χ4v) is 2.14. The highest BCUT2D eigenvalue weighted by atomic mass is 16.4. The zero-order chi connectivity index (χ0) is 18.8. The van der Waals surface area contributed by atoms with E-state index in [1.807, 2.05) is 0 Å². The molecule has 0 atom stereocenters. The molecule has 0 radical (unpaired) electrons. The van der Waals surface area contributed by atoms with Gasteiger partial charge in [0.05, 0.1) is 12.5 Å². The fraction of sp³-hybridized carbons (Fsp3) is 0.278. The third-order valence-electron chi connectivity index (χ3n) is 3.42. The predicted octanol–water partition coefficient (Wildman–Crippen LogP) is 2.40. The van der Waals surface area contributed by atoms with Gasteiger partial charge in [-0.1, -0.05) is 6.42 Å². The molecule has 8 heteroatoms. The van der Waals surface area contributed by atoms with Gasteiger partial charge in [-0.15, -0.1) is 0 Å². The first-order chi connectivity index (χ1) is 12.6. The van der Waals surface area contributed by atoms with E-state index in [1.165, 1.54) is 24.7 Å². The van der Waals surface area contributed by atoms with Crippen molar-refractivity contribution in [1.29, 1.82) is 0 Å². The largest absolute Gasteiger partial charge is 0.481 e. The number of unbranched alkanes of at least 4 members (excludes halogenated alkanes) is 2. The molecule has 0 bridgehead atoms. The highest BCUT2D eigenvalue weighted by Crippen LogP contribution is 2.08. The fourth-order valence-electron chi connectivity index (χ4n) is 2.14. The second-order valence-electron chi connectivity index (χ2n) is 5.47. The third-order valence-corrected chi connectivity index (χ3v) is 3.42. The standard InChI is InChI=1S/C18H20N2O6/c21-16(22)8-2-1-3-9-19-17(23)14(12-13-6-4-10-25-13)20-18(24)15-7-5-11-26-15/h4-7,10-12H,1-3,8-9H2,(H,19,23)(H,20,24)(H,21,22). The number of hydrogen-bond donors (Lipinski definition) is 3. The Hall–Kier alpha value is -3.29. The number of aliphatic carboxylic acids is 1. The predicted molar refractivity (Wildman–Crippen MR) is 92.0 cm³/mol. The molecule has 0 aliphatic carbocycles. The maximum absolute atomic E-state index is 12.4. The summed E-state index contributed by atoms with van der Waals surface area (Å²) in [4.78, 5) is 34.9. The molecule has 8 nitrogen and oxygen atoms in total. The van der Waals surface area contributed by atoms with Crippen molar-refractivity contribution >= 4 is 23.9 Å². The van der Waals surface area contributed by atoms with Crippen molar-refractivity contribution < 1.29 is 28.3 Å². The van der Waals surface area contributed by atoms with Crippen LogP contribution in [0, 0.1) is 0 Å². The second-order valence-corrected chi connectivity index (χ2v) is 5.47. The second kappa shape index (κ2) is 9.87. The lowest BCUT2D eigenvalue weighted by atomic mass is 10.2. The summed E-state index contributed by atoms with van der Waals surface area (Å²) in [7, 11) is 0. The van der Waals surface area contributed by atoms with Gasteiger partial charge in [0.15, 0.2) is 5.76 Å². The maximum Gasteiger partial charge on any atom is 0.303 e. The normalized spacial score (nSPS) is 11.2. The van der Waals surface area contributed by atoms with Crippen LogP contribution in [0.1, 0.15) is 42.0 Å². The van der Waals surface area contributed by atoms with Crippen LogP contribution in [-0.2, 0) is 9.59 Å². The highest BCUT2D eigenvalue weighted by Gasteiger charge is 2.16. The summed E-state index contributed by atoms with van der Waals surface area (Å²) >= 11 is 0. The van der Waals surface area contributed by atoms with E-state index < -0.39 is 17.8 Å². The van der Waals surface area contributed by atoms with Gasteiger partial charge in [-0.3, -0.25) is 14.4 Å². The Bertz CT molecular complexity index is 747. The molecule has 3 N–H and O–H groups in total. The van der Waals surface area contributed by atoms with Crippen LogP contribution in [0.5, 0.6) is 0 Å². The minimum atomic E-state index is -0.835. The molecular formula is C18H20N2O6. The van der Waals surface area contributed by atoms with Crippen LogP contribution >= 0.6 is 0 Å². The molecule has 0 aromatic carbocycles. The van der Waals surface area contributed by atoms with Crippen molar-refractivity contribution in [1.82, 2.24) is 10.6 Å². The molecule has 2 aromatic rings. The van der Waals surface area contributed by atoms with Crippen LogP contribution < -0.4 is 10.6 Å². The quantitative estimate of drug-likeness (QED) is 0.442. The van der Waals surface area contributed by atoms with Gasteiger partial charge in [0.2, 0.25) is 0 Å². The summed E-state index contributed by atoms with van der Waals surface area (Å²) in [6.07, 6.45) is 6.22. The van der Waals surface area contributed by atoms with Crippen LogP contribution in [0.4, 0.5) is 0 Å². The van der Waals surface area contributed by atoms with Crippen molar-refractivity contribution in [3.8, 4) is 0 Å². The zero-order valence-electron chi connectivity index (χ0n) is 14.1. The Kier molecular flexibility index (Phi) is 7.23. The minimum Gasteiger partial charge on any atom is -0.481 e. The molecule has 0 unspecified atom stereocenters. The van der Waals surface area contributed by atoms with E-state index in [0.717, 1.165) is 0 Å². The van der Waals surface area contributed by atoms with Crippen LogP contribution in [0.2, 0.25) is 0 Å². The van der Waals surface area contributed by atoms with E-state index in [0.29, 0.717) is 31.6 Å². The summed E-state index contributed by atoms with van der Waals surface area (Å²) in [6.45, 7) is 0.366. The molecule has 0 spiro atoms. The summed E-state index contributed by atoms with van der Waals surface area (Å²) in [5.41, 5.74) is 0.0203. The van der Waals surface area contributed by atoms with Gasteiger partial charge < -0.3 is 24.6 Å². The lowest BCUT2D eigenvalue weighted by molar-refractivity contribution is -0.137. The number of hydrogen-bond acceptors (Lipinski definition) is 5. The molecule has 138 valence electrons. The van der Waals surface area contributed by atoms with Crippen LogP contribution in [0.25, 0.3) is 6.08 Å². The first-order valence-electron chi connectivity index (χ1n) is 8.16. The minimum absolute atomic E-state index is 0.0203. The number of carboxylic acids is 1. The van der Waals surface area contributed by atoms with Gasteiger partial charge in [-0.05, 0) is 37.1 Å². The average Bonchev–Trinajstić information content (AvgIpc) is 3.30. The monoisotopic (exact) mass is 360 g/mol. The van der Waals surface area contributed by atoms with E-state index in [1.54, 1.807) is 18.2 Å². The molecule has 0 saturated carbocycles.